The first-order valence-corrected chi connectivity index (χ1v) is 10.1. The molecule has 3 saturated heterocycles. The van der Waals surface area contributed by atoms with E-state index in [4.69, 9.17) is 4.74 Å². The van der Waals surface area contributed by atoms with Crippen molar-refractivity contribution >= 4 is 6.09 Å². The van der Waals surface area contributed by atoms with Crippen molar-refractivity contribution in [1.29, 1.82) is 0 Å². The van der Waals surface area contributed by atoms with E-state index in [9.17, 15) is 9.59 Å². The van der Waals surface area contributed by atoms with Crippen molar-refractivity contribution in [3.63, 3.8) is 0 Å². The highest BCUT2D eigenvalue weighted by Gasteiger charge is 2.45. The summed E-state index contributed by atoms with van der Waals surface area (Å²) in [5, 5.41) is 3.49. The molecule has 146 valence electrons. The van der Waals surface area contributed by atoms with Gasteiger partial charge in [0, 0.05) is 69.8 Å². The largest absolute Gasteiger partial charge is 0.441 e. The highest BCUT2D eigenvalue weighted by molar-refractivity contribution is 5.70. The molecule has 0 aliphatic carbocycles. The summed E-state index contributed by atoms with van der Waals surface area (Å²) in [6.07, 6.45) is 2.67. The summed E-state index contributed by atoms with van der Waals surface area (Å²) < 4.78 is 7.67. The Bertz CT molecular complexity index is 812. The van der Waals surface area contributed by atoms with E-state index in [-0.39, 0.29) is 17.3 Å². The molecule has 5 heterocycles. The summed E-state index contributed by atoms with van der Waals surface area (Å²) in [5.74, 6) is 1.05. The number of carbonyl (C=O) groups excluding carboxylic acids is 1. The van der Waals surface area contributed by atoms with E-state index in [1.54, 1.807) is 11.9 Å². The fourth-order valence-corrected chi connectivity index (χ4v) is 5.37. The number of amides is 1. The molecule has 7 nitrogen and oxygen atoms in total. The topological polar surface area (TPSA) is 66.8 Å². The number of piperidine rings is 2. The van der Waals surface area contributed by atoms with Crippen LogP contribution in [0.25, 0.3) is 0 Å². The lowest BCUT2D eigenvalue weighted by molar-refractivity contribution is -0.00132. The molecule has 1 N–H and O–H groups in total. The zero-order chi connectivity index (χ0) is 18.6. The standard InChI is InChI=1S/C20H28N4O3/c1-22-13-20(27-19(22)26)4-6-23(7-5-20)12-15-2-3-17-16-8-14(9-21-10-16)11-24(17)18(15)25/h2-3,14,16,21H,4-13H2,1H3/t14-,16+/m0/s1. The number of rotatable bonds is 2. The number of likely N-dealkylation sites (N-methyl/N-ethyl adjacent to an activating group) is 1. The highest BCUT2D eigenvalue weighted by Crippen LogP contribution is 2.34. The van der Waals surface area contributed by atoms with E-state index in [1.165, 1.54) is 12.1 Å². The maximum Gasteiger partial charge on any atom is 0.410 e. The molecule has 0 unspecified atom stereocenters. The van der Waals surface area contributed by atoms with Crippen LogP contribution in [0, 0.1) is 5.92 Å². The summed E-state index contributed by atoms with van der Waals surface area (Å²) in [7, 11) is 1.79. The van der Waals surface area contributed by atoms with Gasteiger partial charge >= 0.3 is 6.09 Å². The molecule has 27 heavy (non-hydrogen) atoms. The number of carbonyl (C=O) groups is 1. The van der Waals surface area contributed by atoms with Gasteiger partial charge in [0.25, 0.3) is 5.56 Å². The van der Waals surface area contributed by atoms with Crippen molar-refractivity contribution in [3.8, 4) is 0 Å². The number of aromatic nitrogens is 1. The van der Waals surface area contributed by atoms with Crippen LogP contribution in [0.1, 0.15) is 36.4 Å². The molecule has 2 atom stereocenters. The quantitative estimate of drug-likeness (QED) is 0.838. The number of hydrogen-bond acceptors (Lipinski definition) is 5. The molecule has 2 bridgehead atoms. The van der Waals surface area contributed by atoms with Crippen LogP contribution in [-0.4, -0.2) is 65.8 Å². The highest BCUT2D eigenvalue weighted by atomic mass is 16.6. The molecule has 5 rings (SSSR count). The predicted molar refractivity (Wildman–Crippen MR) is 101 cm³/mol. The fraction of sp³-hybridized carbons (Fsp3) is 0.700. The third kappa shape index (κ3) is 2.97. The van der Waals surface area contributed by atoms with Crippen molar-refractivity contribution in [3.05, 3.63) is 33.7 Å². The second kappa shape index (κ2) is 6.34. The molecule has 0 aromatic carbocycles. The van der Waals surface area contributed by atoms with Gasteiger partial charge in [-0.15, -0.1) is 0 Å². The normalized spacial score (nSPS) is 29.7. The van der Waals surface area contributed by atoms with E-state index in [0.29, 0.717) is 24.9 Å². The molecule has 1 spiro atoms. The Balaban J connectivity index is 1.29. The van der Waals surface area contributed by atoms with E-state index < -0.39 is 0 Å². The van der Waals surface area contributed by atoms with Gasteiger partial charge in [-0.05, 0) is 24.9 Å². The van der Waals surface area contributed by atoms with E-state index >= 15 is 0 Å². The zero-order valence-electron chi connectivity index (χ0n) is 15.9. The van der Waals surface area contributed by atoms with Crippen molar-refractivity contribution in [2.45, 2.75) is 43.9 Å². The Morgan fingerprint density at radius 2 is 2.04 bits per heavy atom. The van der Waals surface area contributed by atoms with Crippen LogP contribution in [0.15, 0.2) is 16.9 Å². The first kappa shape index (κ1) is 17.3. The minimum atomic E-state index is -0.322. The van der Waals surface area contributed by atoms with Crippen molar-refractivity contribution < 1.29 is 9.53 Å². The van der Waals surface area contributed by atoms with E-state index in [0.717, 1.165) is 51.1 Å². The van der Waals surface area contributed by atoms with Gasteiger partial charge in [-0.2, -0.15) is 0 Å². The lowest BCUT2D eigenvalue weighted by atomic mass is 9.84. The predicted octanol–water partition coefficient (Wildman–Crippen LogP) is 0.972. The molecule has 1 amide bonds. The van der Waals surface area contributed by atoms with Crippen LogP contribution >= 0.6 is 0 Å². The number of nitrogens with one attached hydrogen (secondary N) is 1. The van der Waals surface area contributed by atoms with Crippen LogP contribution in [0.5, 0.6) is 0 Å². The molecule has 1 aromatic rings. The lowest BCUT2D eigenvalue weighted by Crippen LogP contribution is -2.48. The fourth-order valence-electron chi connectivity index (χ4n) is 5.37. The first-order valence-electron chi connectivity index (χ1n) is 10.1. The van der Waals surface area contributed by atoms with Gasteiger partial charge in [0.05, 0.1) is 6.54 Å². The summed E-state index contributed by atoms with van der Waals surface area (Å²) >= 11 is 0. The lowest BCUT2D eigenvalue weighted by Gasteiger charge is -2.38. The molecule has 3 fully saturated rings. The Labute approximate surface area is 159 Å². The molecule has 4 aliphatic rings. The van der Waals surface area contributed by atoms with Gasteiger partial charge < -0.3 is 19.5 Å². The Kier molecular flexibility index (Phi) is 4.05. The molecule has 7 heteroatoms. The van der Waals surface area contributed by atoms with Gasteiger partial charge in [-0.3, -0.25) is 9.69 Å². The van der Waals surface area contributed by atoms with Crippen molar-refractivity contribution in [2.75, 3.05) is 39.8 Å². The number of ether oxygens (including phenoxy) is 1. The SMILES string of the molecule is CN1CC2(CCN(Cc3ccc4n(c3=O)C[C@@H]3CNC[C@H]4C3)CC2)OC1=O. The number of pyridine rings is 1. The van der Waals surface area contributed by atoms with Gasteiger partial charge in [0.2, 0.25) is 0 Å². The number of nitrogens with zero attached hydrogens (tertiary/aromatic N) is 3. The monoisotopic (exact) mass is 372 g/mol. The minimum Gasteiger partial charge on any atom is -0.441 e. The smallest absolute Gasteiger partial charge is 0.410 e. The van der Waals surface area contributed by atoms with E-state index in [1.807, 2.05) is 10.6 Å². The number of fused-ring (bicyclic) bond motifs is 4. The average molecular weight is 372 g/mol. The molecule has 1 aromatic heterocycles. The van der Waals surface area contributed by atoms with Gasteiger partial charge in [-0.25, -0.2) is 4.79 Å². The van der Waals surface area contributed by atoms with Crippen molar-refractivity contribution in [1.82, 2.24) is 19.7 Å². The summed E-state index contributed by atoms with van der Waals surface area (Å²) in [4.78, 5) is 28.8. The molecular weight excluding hydrogens is 344 g/mol. The van der Waals surface area contributed by atoms with Crippen LogP contribution in [0.4, 0.5) is 4.79 Å². The summed E-state index contributed by atoms with van der Waals surface area (Å²) in [6, 6.07) is 4.21. The number of hydrogen-bond donors (Lipinski definition) is 1. The Hall–Kier alpha value is -1.86. The molecule has 0 radical (unpaired) electrons. The van der Waals surface area contributed by atoms with Crippen LogP contribution < -0.4 is 10.9 Å². The molecule has 0 saturated carbocycles. The van der Waals surface area contributed by atoms with Gasteiger partial charge in [-0.1, -0.05) is 6.07 Å². The summed E-state index contributed by atoms with van der Waals surface area (Å²) in [6.45, 7) is 5.93. The average Bonchev–Trinajstić information content (AvgIpc) is 2.94. The molecule has 4 aliphatic heterocycles. The Morgan fingerprint density at radius 1 is 1.22 bits per heavy atom. The summed E-state index contributed by atoms with van der Waals surface area (Å²) in [5.41, 5.74) is 1.96. The van der Waals surface area contributed by atoms with Gasteiger partial charge in [0.15, 0.2) is 0 Å². The van der Waals surface area contributed by atoms with Crippen LogP contribution in [-0.2, 0) is 17.8 Å². The van der Waals surface area contributed by atoms with E-state index in [2.05, 4.69) is 16.3 Å². The first-order chi connectivity index (χ1) is 13.0. The van der Waals surface area contributed by atoms with Crippen LogP contribution in [0.3, 0.4) is 0 Å². The third-order valence-electron chi connectivity index (χ3n) is 6.89. The van der Waals surface area contributed by atoms with Crippen molar-refractivity contribution in [2.24, 2.45) is 5.92 Å². The molecular formula is C20H28N4O3. The Morgan fingerprint density at radius 3 is 2.78 bits per heavy atom. The minimum absolute atomic E-state index is 0.191. The third-order valence-corrected chi connectivity index (χ3v) is 6.89. The number of likely N-dealkylation sites (tertiary alicyclic amines) is 1. The second-order valence-electron chi connectivity index (χ2n) is 8.84. The maximum atomic E-state index is 13.1. The second-order valence-corrected chi connectivity index (χ2v) is 8.84. The maximum absolute atomic E-state index is 13.1. The zero-order valence-corrected chi connectivity index (χ0v) is 15.9. The van der Waals surface area contributed by atoms with Crippen LogP contribution in [0.2, 0.25) is 0 Å². The van der Waals surface area contributed by atoms with Gasteiger partial charge in [0.1, 0.15) is 5.60 Å².